The lowest BCUT2D eigenvalue weighted by atomic mass is 9.81. The summed E-state index contributed by atoms with van der Waals surface area (Å²) in [6.45, 7) is 8.03. The summed E-state index contributed by atoms with van der Waals surface area (Å²) in [6, 6.07) is 20.3. The minimum absolute atomic E-state index is 0.332. The normalized spacial score (nSPS) is 14.6. The van der Waals surface area contributed by atoms with Crippen LogP contribution in [0.15, 0.2) is 60.7 Å². The van der Waals surface area contributed by atoms with Crippen LogP contribution in [0.2, 0.25) is 5.04 Å². The molecule has 0 aliphatic heterocycles. The SMILES string of the molecule is CC(C)(C)C(C)(C(=O)O)[SiH](c1ccccc1)c1ccccc1. The maximum absolute atomic E-state index is 12.3. The van der Waals surface area contributed by atoms with Gasteiger partial charge in [-0.25, -0.2) is 0 Å². The molecule has 2 aromatic rings. The molecule has 0 bridgehead atoms. The molecule has 0 fully saturated rings. The van der Waals surface area contributed by atoms with Gasteiger partial charge in [0, 0.05) is 0 Å². The second-order valence-corrected chi connectivity index (χ2v) is 10.4. The molecule has 116 valence electrons. The van der Waals surface area contributed by atoms with E-state index in [1.165, 1.54) is 10.4 Å². The summed E-state index contributed by atoms with van der Waals surface area (Å²) in [5, 5.41) is 11.7. The number of carboxylic acid groups (broad SMARTS) is 1. The third-order valence-electron chi connectivity index (χ3n) is 4.85. The van der Waals surface area contributed by atoms with E-state index in [1.807, 2.05) is 64.1 Å². The second kappa shape index (κ2) is 6.09. The molecule has 2 nitrogen and oxygen atoms in total. The summed E-state index contributed by atoms with van der Waals surface area (Å²) in [4.78, 5) is 12.3. The number of hydrogen-bond donors (Lipinski definition) is 1. The third-order valence-corrected chi connectivity index (χ3v) is 9.22. The molecule has 0 aliphatic rings. The first-order chi connectivity index (χ1) is 10.3. The van der Waals surface area contributed by atoms with E-state index in [4.69, 9.17) is 0 Å². The minimum Gasteiger partial charge on any atom is -0.481 e. The van der Waals surface area contributed by atoms with Crippen LogP contribution < -0.4 is 10.4 Å². The highest BCUT2D eigenvalue weighted by Crippen LogP contribution is 2.47. The second-order valence-electron chi connectivity index (χ2n) is 7.01. The first-order valence-electron chi connectivity index (χ1n) is 7.62. The van der Waals surface area contributed by atoms with Gasteiger partial charge < -0.3 is 5.11 Å². The lowest BCUT2D eigenvalue weighted by Crippen LogP contribution is -2.58. The molecular weight excluding hydrogens is 288 g/mol. The Morgan fingerprint density at radius 3 is 1.45 bits per heavy atom. The zero-order valence-corrected chi connectivity index (χ0v) is 14.9. The number of hydrogen-bond acceptors (Lipinski definition) is 1. The molecule has 1 unspecified atom stereocenters. The van der Waals surface area contributed by atoms with Crippen molar-refractivity contribution in [3.05, 3.63) is 60.7 Å². The van der Waals surface area contributed by atoms with Gasteiger partial charge in [0.2, 0.25) is 0 Å². The third kappa shape index (κ3) is 2.86. The van der Waals surface area contributed by atoms with E-state index in [1.54, 1.807) is 0 Å². The highest BCUT2D eigenvalue weighted by atomic mass is 28.3. The van der Waals surface area contributed by atoms with Crippen LogP contribution in [-0.2, 0) is 4.79 Å². The molecule has 0 aliphatic carbocycles. The molecule has 1 N–H and O–H groups in total. The number of carboxylic acids is 1. The summed E-state index contributed by atoms with van der Waals surface area (Å²) in [5.74, 6) is -0.704. The monoisotopic (exact) mass is 312 g/mol. The van der Waals surface area contributed by atoms with Crippen LogP contribution in [0.5, 0.6) is 0 Å². The van der Waals surface area contributed by atoms with Crippen molar-refractivity contribution in [3.8, 4) is 0 Å². The summed E-state index contributed by atoms with van der Waals surface area (Å²) in [7, 11) is -1.96. The maximum Gasteiger partial charge on any atom is 0.307 e. The molecule has 22 heavy (non-hydrogen) atoms. The Labute approximate surface area is 134 Å². The van der Waals surface area contributed by atoms with Gasteiger partial charge in [-0.2, -0.15) is 0 Å². The summed E-state index contributed by atoms with van der Waals surface area (Å²) in [5.41, 5.74) is -0.332. The molecule has 0 heterocycles. The van der Waals surface area contributed by atoms with E-state index in [2.05, 4.69) is 24.3 Å². The van der Waals surface area contributed by atoms with Gasteiger partial charge in [0.05, 0.1) is 5.04 Å². The van der Waals surface area contributed by atoms with E-state index in [9.17, 15) is 9.90 Å². The maximum atomic E-state index is 12.3. The molecule has 0 saturated heterocycles. The van der Waals surface area contributed by atoms with Gasteiger partial charge in [0.15, 0.2) is 0 Å². The first kappa shape index (κ1) is 16.5. The molecular formula is C19H24O2Si. The Morgan fingerprint density at radius 1 is 0.818 bits per heavy atom. The summed E-state index contributed by atoms with van der Waals surface area (Å²) < 4.78 is 0. The Morgan fingerprint density at radius 2 is 1.18 bits per heavy atom. The van der Waals surface area contributed by atoms with Crippen molar-refractivity contribution in [1.29, 1.82) is 0 Å². The van der Waals surface area contributed by atoms with E-state index >= 15 is 0 Å². The van der Waals surface area contributed by atoms with Crippen molar-refractivity contribution in [2.45, 2.75) is 32.7 Å². The van der Waals surface area contributed by atoms with E-state index in [-0.39, 0.29) is 5.41 Å². The van der Waals surface area contributed by atoms with Crippen molar-refractivity contribution in [1.82, 2.24) is 0 Å². The Bertz CT molecular complexity index is 592. The van der Waals surface area contributed by atoms with Gasteiger partial charge in [-0.05, 0) is 5.41 Å². The predicted molar refractivity (Wildman–Crippen MR) is 94.8 cm³/mol. The molecule has 0 spiro atoms. The summed E-state index contributed by atoms with van der Waals surface area (Å²) >= 11 is 0. The zero-order valence-electron chi connectivity index (χ0n) is 13.7. The highest BCUT2D eigenvalue weighted by Gasteiger charge is 2.52. The van der Waals surface area contributed by atoms with Gasteiger partial charge >= 0.3 is 5.97 Å². The topological polar surface area (TPSA) is 37.3 Å². The molecule has 0 aromatic heterocycles. The van der Waals surface area contributed by atoms with Crippen molar-refractivity contribution < 1.29 is 9.90 Å². The van der Waals surface area contributed by atoms with Crippen LogP contribution in [0, 0.1) is 5.41 Å². The molecule has 3 heteroatoms. The van der Waals surface area contributed by atoms with Gasteiger partial charge in [0.25, 0.3) is 0 Å². The van der Waals surface area contributed by atoms with Gasteiger partial charge in [-0.1, -0.05) is 98.7 Å². The lowest BCUT2D eigenvalue weighted by Gasteiger charge is -2.44. The van der Waals surface area contributed by atoms with Crippen molar-refractivity contribution >= 4 is 25.1 Å². The number of aliphatic carboxylic acids is 1. The Hall–Kier alpha value is -1.87. The fourth-order valence-corrected chi connectivity index (χ4v) is 7.07. The molecule has 2 aromatic carbocycles. The first-order valence-corrected chi connectivity index (χ1v) is 9.35. The smallest absolute Gasteiger partial charge is 0.307 e. The van der Waals surface area contributed by atoms with Crippen molar-refractivity contribution in [2.24, 2.45) is 5.41 Å². The van der Waals surface area contributed by atoms with Crippen LogP contribution >= 0.6 is 0 Å². The van der Waals surface area contributed by atoms with Gasteiger partial charge in [-0.3, -0.25) is 4.79 Å². The molecule has 2 rings (SSSR count). The fourth-order valence-electron chi connectivity index (χ4n) is 3.03. The van der Waals surface area contributed by atoms with Crippen molar-refractivity contribution in [2.75, 3.05) is 0 Å². The minimum atomic E-state index is -1.96. The lowest BCUT2D eigenvalue weighted by molar-refractivity contribution is -0.143. The van der Waals surface area contributed by atoms with E-state index in [0.717, 1.165) is 0 Å². The van der Waals surface area contributed by atoms with Crippen LogP contribution in [-0.4, -0.2) is 19.9 Å². The van der Waals surface area contributed by atoms with Crippen LogP contribution in [0.3, 0.4) is 0 Å². The van der Waals surface area contributed by atoms with Gasteiger partial charge in [-0.15, -0.1) is 0 Å². The zero-order chi connectivity index (χ0) is 16.4. The summed E-state index contributed by atoms with van der Waals surface area (Å²) in [6.07, 6.45) is 0. The average Bonchev–Trinajstić information content (AvgIpc) is 2.48. The van der Waals surface area contributed by atoms with Crippen molar-refractivity contribution in [3.63, 3.8) is 0 Å². The van der Waals surface area contributed by atoms with Crippen LogP contribution in [0.1, 0.15) is 27.7 Å². The number of carbonyl (C=O) groups is 1. The van der Waals surface area contributed by atoms with Crippen LogP contribution in [0.4, 0.5) is 0 Å². The highest BCUT2D eigenvalue weighted by molar-refractivity contribution is 6.90. The van der Waals surface area contributed by atoms with Gasteiger partial charge in [0.1, 0.15) is 8.80 Å². The fraction of sp³-hybridized carbons (Fsp3) is 0.316. The predicted octanol–water partition coefficient (Wildman–Crippen LogP) is 2.92. The standard InChI is InChI=1S/C19H24O2Si/c1-18(2,3)19(4,17(20)21)22(15-11-7-5-8-12-15)16-13-9-6-10-14-16/h5-14,22H,1-4H3,(H,20,21). The molecule has 0 radical (unpaired) electrons. The number of benzene rings is 2. The quantitative estimate of drug-likeness (QED) is 0.882. The molecule has 0 amide bonds. The van der Waals surface area contributed by atoms with E-state index < -0.39 is 19.8 Å². The number of rotatable bonds is 4. The van der Waals surface area contributed by atoms with E-state index in [0.29, 0.717) is 0 Å². The molecule has 1 atom stereocenters. The largest absolute Gasteiger partial charge is 0.481 e. The Kier molecular flexibility index (Phi) is 4.57. The Balaban J connectivity index is 2.71. The molecule has 0 saturated carbocycles. The average molecular weight is 312 g/mol. The van der Waals surface area contributed by atoms with Crippen LogP contribution in [0.25, 0.3) is 0 Å².